The summed E-state index contributed by atoms with van der Waals surface area (Å²) in [5.74, 6) is 0.523. The van der Waals surface area contributed by atoms with Gasteiger partial charge in [-0.3, -0.25) is 4.79 Å². The van der Waals surface area contributed by atoms with Crippen LogP contribution in [0.2, 0.25) is 0 Å². The highest BCUT2D eigenvalue weighted by Crippen LogP contribution is 2.39. The number of rotatable bonds is 6. The van der Waals surface area contributed by atoms with Gasteiger partial charge in [0.05, 0.1) is 18.5 Å². The van der Waals surface area contributed by atoms with Gasteiger partial charge in [-0.15, -0.1) is 11.3 Å². The van der Waals surface area contributed by atoms with Crippen LogP contribution in [0.25, 0.3) is 16.1 Å². The summed E-state index contributed by atoms with van der Waals surface area (Å²) < 4.78 is 11.7. The van der Waals surface area contributed by atoms with E-state index < -0.39 is 5.60 Å². The van der Waals surface area contributed by atoms with E-state index in [1.807, 2.05) is 52.0 Å². The summed E-state index contributed by atoms with van der Waals surface area (Å²) in [4.78, 5) is 32.0. The van der Waals surface area contributed by atoms with Gasteiger partial charge < -0.3 is 19.7 Å². The largest absolute Gasteiger partial charge is 0.490 e. The first kappa shape index (κ1) is 25.8. The summed E-state index contributed by atoms with van der Waals surface area (Å²) in [5, 5.41) is 13.2. The average Bonchev–Trinajstić information content (AvgIpc) is 3.56. The Morgan fingerprint density at radius 2 is 1.97 bits per heavy atom. The molecule has 198 valence electrons. The number of ether oxygens (including phenoxy) is 2. The van der Waals surface area contributed by atoms with Gasteiger partial charge in [0.2, 0.25) is 0 Å². The Morgan fingerprint density at radius 1 is 1.16 bits per heavy atom. The molecule has 3 aromatic rings. The Morgan fingerprint density at radius 3 is 2.63 bits per heavy atom. The second-order valence-corrected chi connectivity index (χ2v) is 11.3. The van der Waals surface area contributed by atoms with E-state index in [4.69, 9.17) is 9.47 Å². The van der Waals surface area contributed by atoms with E-state index in [-0.39, 0.29) is 18.1 Å². The van der Waals surface area contributed by atoms with Gasteiger partial charge in [-0.2, -0.15) is 10.2 Å². The normalized spacial score (nSPS) is 15.6. The maximum Gasteiger partial charge on any atom is 0.410 e. The molecule has 0 spiro atoms. The van der Waals surface area contributed by atoms with E-state index in [2.05, 4.69) is 20.5 Å². The number of nitrogens with zero attached hydrogens (tertiary/aromatic N) is 4. The first-order valence-electron chi connectivity index (χ1n) is 12.7. The Bertz CT molecular complexity index is 1380. The minimum Gasteiger partial charge on any atom is -0.490 e. The van der Waals surface area contributed by atoms with E-state index in [1.165, 1.54) is 11.3 Å². The standard InChI is InChI=1S/C28H31N5O4S/c1-17-23(36-20-5-6-20)8-7-21(24(17)18-10-13-33(14-11-18)27(35)37-28(2,3)4)31-25(34)22-16-38-26(32-22)19-9-12-29-30-15-19/h7-10,12,15-16,20H,5-6,11,13-14H2,1-4H3,(H,31,34). The molecule has 10 heteroatoms. The van der Waals surface area contributed by atoms with Crippen molar-refractivity contribution >= 4 is 34.6 Å². The number of amides is 2. The number of carbonyl (C=O) groups is 2. The molecule has 2 aliphatic rings. The quantitative estimate of drug-likeness (QED) is 0.431. The minimum atomic E-state index is -0.549. The first-order valence-corrected chi connectivity index (χ1v) is 13.6. The SMILES string of the molecule is Cc1c(OC2CC2)ccc(NC(=O)c2csc(-c3ccnnc3)n2)c1C1=CCN(C(=O)OC(C)(C)C)CC1. The van der Waals surface area contributed by atoms with Crippen LogP contribution >= 0.6 is 11.3 Å². The number of thiazole rings is 1. The Hall–Kier alpha value is -3.79. The lowest BCUT2D eigenvalue weighted by atomic mass is 9.93. The van der Waals surface area contributed by atoms with Crippen molar-refractivity contribution in [1.29, 1.82) is 0 Å². The molecular weight excluding hydrogens is 502 g/mol. The van der Waals surface area contributed by atoms with Crippen LogP contribution < -0.4 is 10.1 Å². The molecule has 0 saturated heterocycles. The smallest absolute Gasteiger partial charge is 0.410 e. The summed E-state index contributed by atoms with van der Waals surface area (Å²) in [6, 6.07) is 5.61. The molecule has 1 aliphatic heterocycles. The van der Waals surface area contributed by atoms with Crippen LogP contribution in [0.1, 0.15) is 61.6 Å². The zero-order valence-corrected chi connectivity index (χ0v) is 22.8. The predicted molar refractivity (Wildman–Crippen MR) is 146 cm³/mol. The van der Waals surface area contributed by atoms with Crippen LogP contribution in [-0.4, -0.2) is 56.9 Å². The van der Waals surface area contributed by atoms with Gasteiger partial charge in [0.1, 0.15) is 22.1 Å². The third kappa shape index (κ3) is 6.02. The molecule has 1 N–H and O–H groups in total. The molecule has 0 radical (unpaired) electrons. The molecule has 1 saturated carbocycles. The monoisotopic (exact) mass is 533 g/mol. The number of nitrogens with one attached hydrogen (secondary N) is 1. The highest BCUT2D eigenvalue weighted by molar-refractivity contribution is 7.13. The molecule has 0 unspecified atom stereocenters. The number of benzene rings is 1. The fourth-order valence-electron chi connectivity index (χ4n) is 4.21. The van der Waals surface area contributed by atoms with Crippen LogP contribution in [0.5, 0.6) is 5.75 Å². The van der Waals surface area contributed by atoms with Gasteiger partial charge in [-0.25, -0.2) is 9.78 Å². The van der Waals surface area contributed by atoms with Gasteiger partial charge in [-0.05, 0) is 70.7 Å². The molecule has 2 amide bonds. The summed E-state index contributed by atoms with van der Waals surface area (Å²) in [6.07, 6.45) is 7.92. The average molecular weight is 534 g/mol. The lowest BCUT2D eigenvalue weighted by Crippen LogP contribution is -2.39. The molecular formula is C28H31N5O4S. The van der Waals surface area contributed by atoms with Gasteiger partial charge in [0.15, 0.2) is 0 Å². The highest BCUT2D eigenvalue weighted by atomic mass is 32.1. The van der Waals surface area contributed by atoms with Crippen LogP contribution in [0.4, 0.5) is 10.5 Å². The van der Waals surface area contributed by atoms with Crippen molar-refractivity contribution in [3.63, 3.8) is 0 Å². The molecule has 0 bridgehead atoms. The maximum absolute atomic E-state index is 13.2. The third-order valence-corrected chi connectivity index (χ3v) is 7.12. The maximum atomic E-state index is 13.2. The predicted octanol–water partition coefficient (Wildman–Crippen LogP) is 5.73. The van der Waals surface area contributed by atoms with Crippen molar-refractivity contribution in [3.8, 4) is 16.3 Å². The van der Waals surface area contributed by atoms with Crippen LogP contribution in [0.3, 0.4) is 0 Å². The lowest BCUT2D eigenvalue weighted by Gasteiger charge is -2.30. The Kier molecular flexibility index (Phi) is 7.16. The molecule has 1 aromatic carbocycles. The topological polar surface area (TPSA) is 107 Å². The second-order valence-electron chi connectivity index (χ2n) is 10.5. The molecule has 2 aromatic heterocycles. The van der Waals surface area contributed by atoms with Crippen LogP contribution in [-0.2, 0) is 4.74 Å². The van der Waals surface area contributed by atoms with Crippen LogP contribution in [0, 0.1) is 6.92 Å². The fraction of sp³-hybridized carbons (Fsp3) is 0.393. The van der Waals surface area contributed by atoms with Crippen molar-refractivity contribution < 1.29 is 19.1 Å². The molecule has 1 fully saturated rings. The summed E-state index contributed by atoms with van der Waals surface area (Å²) in [6.45, 7) is 8.55. The zero-order chi connectivity index (χ0) is 26.9. The van der Waals surface area contributed by atoms with Gasteiger partial charge >= 0.3 is 6.09 Å². The Labute approximate surface area is 225 Å². The van der Waals surface area contributed by atoms with Gasteiger partial charge in [0, 0.05) is 40.8 Å². The number of carbonyl (C=O) groups excluding carboxylic acids is 2. The fourth-order valence-corrected chi connectivity index (χ4v) is 5.00. The van der Waals surface area contributed by atoms with E-state index >= 15 is 0 Å². The number of hydrogen-bond donors (Lipinski definition) is 1. The summed E-state index contributed by atoms with van der Waals surface area (Å²) >= 11 is 1.38. The van der Waals surface area contributed by atoms with Crippen molar-refractivity contribution in [1.82, 2.24) is 20.1 Å². The number of hydrogen-bond acceptors (Lipinski definition) is 8. The lowest BCUT2D eigenvalue weighted by molar-refractivity contribution is 0.0270. The van der Waals surface area contributed by atoms with Crippen molar-refractivity contribution in [2.24, 2.45) is 0 Å². The number of aromatic nitrogens is 3. The van der Waals surface area contributed by atoms with Crippen molar-refractivity contribution in [2.75, 3.05) is 18.4 Å². The molecule has 9 nitrogen and oxygen atoms in total. The Balaban J connectivity index is 1.40. The molecule has 0 atom stereocenters. The summed E-state index contributed by atoms with van der Waals surface area (Å²) in [7, 11) is 0. The van der Waals surface area contributed by atoms with Crippen molar-refractivity contribution in [2.45, 2.75) is 58.7 Å². The third-order valence-electron chi connectivity index (χ3n) is 6.23. The first-order chi connectivity index (χ1) is 18.2. The molecule has 5 rings (SSSR count). The van der Waals surface area contributed by atoms with Gasteiger partial charge in [-0.1, -0.05) is 6.08 Å². The zero-order valence-electron chi connectivity index (χ0n) is 22.0. The molecule has 38 heavy (non-hydrogen) atoms. The minimum absolute atomic E-state index is 0.251. The molecule has 1 aliphatic carbocycles. The van der Waals surface area contributed by atoms with Gasteiger partial charge in [0.25, 0.3) is 5.91 Å². The van der Waals surface area contributed by atoms with Crippen molar-refractivity contribution in [3.05, 3.63) is 58.9 Å². The van der Waals surface area contributed by atoms with E-state index in [0.717, 1.165) is 40.9 Å². The van der Waals surface area contributed by atoms with E-state index in [1.54, 1.807) is 22.7 Å². The summed E-state index contributed by atoms with van der Waals surface area (Å²) in [5.41, 5.74) is 4.23. The second kappa shape index (κ2) is 10.5. The highest BCUT2D eigenvalue weighted by Gasteiger charge is 2.28. The van der Waals surface area contributed by atoms with E-state index in [0.29, 0.717) is 35.9 Å². The van der Waals surface area contributed by atoms with Crippen LogP contribution in [0.15, 0.2) is 42.0 Å². The number of anilines is 1. The molecule has 3 heterocycles. The van der Waals surface area contributed by atoms with E-state index in [9.17, 15) is 9.59 Å².